The van der Waals surface area contributed by atoms with E-state index in [4.69, 9.17) is 0 Å². The molecule has 0 aromatic carbocycles. The smallest absolute Gasteiger partial charge is 0.367 e. The molecule has 7 nitrogen and oxygen atoms in total. The zero-order valence-corrected chi connectivity index (χ0v) is 13.8. The van der Waals surface area contributed by atoms with Crippen LogP contribution < -0.4 is 10.6 Å². The Morgan fingerprint density at radius 3 is 2.64 bits per heavy atom. The van der Waals surface area contributed by atoms with Crippen LogP contribution in [0.2, 0.25) is 0 Å². The summed E-state index contributed by atoms with van der Waals surface area (Å²) in [5.74, 6) is 0.132. The van der Waals surface area contributed by atoms with Gasteiger partial charge >= 0.3 is 12.2 Å². The Labute approximate surface area is 145 Å². The number of thiazole rings is 1. The van der Waals surface area contributed by atoms with Gasteiger partial charge in [-0.25, -0.2) is 19.7 Å². The van der Waals surface area contributed by atoms with E-state index in [0.29, 0.717) is 31.1 Å². The molecular formula is C14H15F3N6OS. The molecule has 2 aromatic heterocycles. The van der Waals surface area contributed by atoms with Crippen LogP contribution in [-0.2, 0) is 6.18 Å². The second kappa shape index (κ2) is 7.21. The van der Waals surface area contributed by atoms with Gasteiger partial charge in [0.05, 0.1) is 0 Å². The van der Waals surface area contributed by atoms with Gasteiger partial charge in [0, 0.05) is 36.8 Å². The van der Waals surface area contributed by atoms with Gasteiger partial charge in [0.2, 0.25) is 0 Å². The molecule has 3 rings (SSSR count). The molecule has 1 saturated heterocycles. The zero-order chi connectivity index (χ0) is 17.9. The van der Waals surface area contributed by atoms with Gasteiger partial charge in [0.1, 0.15) is 17.8 Å². The SMILES string of the molecule is O=C(Nc1nccs1)N1CCC(Nc2cc(C(F)(F)F)ncn2)CC1. The molecule has 0 radical (unpaired) electrons. The Balaban J connectivity index is 1.52. The van der Waals surface area contributed by atoms with Crippen LogP contribution >= 0.6 is 11.3 Å². The van der Waals surface area contributed by atoms with Crippen molar-refractivity contribution in [2.45, 2.75) is 25.1 Å². The van der Waals surface area contributed by atoms with Crippen molar-refractivity contribution in [3.8, 4) is 0 Å². The van der Waals surface area contributed by atoms with Crippen LogP contribution in [0.25, 0.3) is 0 Å². The molecule has 1 aliphatic rings. The highest BCUT2D eigenvalue weighted by atomic mass is 32.1. The molecule has 3 heterocycles. The lowest BCUT2D eigenvalue weighted by Gasteiger charge is -2.32. The molecular weight excluding hydrogens is 357 g/mol. The number of rotatable bonds is 3. The normalized spacial score (nSPS) is 15.9. The molecule has 2 amide bonds. The second-order valence-corrected chi connectivity index (χ2v) is 6.35. The molecule has 0 bridgehead atoms. The highest BCUT2D eigenvalue weighted by Crippen LogP contribution is 2.28. The molecule has 0 atom stereocenters. The molecule has 134 valence electrons. The van der Waals surface area contributed by atoms with Gasteiger partial charge in [-0.3, -0.25) is 5.32 Å². The number of aromatic nitrogens is 3. The minimum atomic E-state index is -4.50. The van der Waals surface area contributed by atoms with Gasteiger partial charge in [0.25, 0.3) is 0 Å². The lowest BCUT2D eigenvalue weighted by Crippen LogP contribution is -2.44. The molecule has 11 heteroatoms. The van der Waals surface area contributed by atoms with E-state index in [-0.39, 0.29) is 17.9 Å². The number of nitrogens with one attached hydrogen (secondary N) is 2. The molecule has 1 aliphatic heterocycles. The van der Waals surface area contributed by atoms with Crippen LogP contribution in [0.4, 0.5) is 28.9 Å². The van der Waals surface area contributed by atoms with Crippen LogP contribution in [0, 0.1) is 0 Å². The summed E-state index contributed by atoms with van der Waals surface area (Å²) in [6.45, 7) is 0.984. The molecule has 2 N–H and O–H groups in total. The maximum Gasteiger partial charge on any atom is 0.433 e. The average Bonchev–Trinajstić information content (AvgIpc) is 3.08. The monoisotopic (exact) mass is 372 g/mol. The predicted octanol–water partition coefficient (Wildman–Crippen LogP) is 3.06. The summed E-state index contributed by atoms with van der Waals surface area (Å²) in [5.41, 5.74) is -0.981. The van der Waals surface area contributed by atoms with E-state index in [0.717, 1.165) is 12.4 Å². The van der Waals surface area contributed by atoms with Crippen LogP contribution in [0.1, 0.15) is 18.5 Å². The lowest BCUT2D eigenvalue weighted by molar-refractivity contribution is -0.141. The van der Waals surface area contributed by atoms with E-state index in [1.807, 2.05) is 0 Å². The standard InChI is InChI=1S/C14H15F3N6OS/c15-14(16,17)10-7-11(20-8-19-10)21-9-1-4-23(5-2-9)13(24)22-12-18-3-6-25-12/h3,6-9H,1-2,4-5H2,(H,18,22,24)(H,19,20,21). The number of likely N-dealkylation sites (tertiary alicyclic amines) is 1. The largest absolute Gasteiger partial charge is 0.433 e. The number of carbonyl (C=O) groups excluding carboxylic acids is 1. The molecule has 0 saturated carbocycles. The lowest BCUT2D eigenvalue weighted by atomic mass is 10.1. The van der Waals surface area contributed by atoms with Crippen molar-refractivity contribution in [1.82, 2.24) is 19.9 Å². The van der Waals surface area contributed by atoms with Crippen LogP contribution in [0.15, 0.2) is 24.0 Å². The van der Waals surface area contributed by atoms with Crippen molar-refractivity contribution >= 4 is 28.3 Å². The van der Waals surface area contributed by atoms with Crippen LogP contribution in [0.5, 0.6) is 0 Å². The number of carbonyl (C=O) groups is 1. The minimum Gasteiger partial charge on any atom is -0.367 e. The zero-order valence-electron chi connectivity index (χ0n) is 13.0. The van der Waals surface area contributed by atoms with E-state index in [2.05, 4.69) is 25.6 Å². The van der Waals surface area contributed by atoms with E-state index >= 15 is 0 Å². The van der Waals surface area contributed by atoms with Crippen molar-refractivity contribution in [2.75, 3.05) is 23.7 Å². The van der Waals surface area contributed by atoms with Crippen molar-refractivity contribution in [3.63, 3.8) is 0 Å². The van der Waals surface area contributed by atoms with Gasteiger partial charge in [0.15, 0.2) is 5.13 Å². The van der Waals surface area contributed by atoms with E-state index in [1.54, 1.807) is 16.5 Å². The highest BCUT2D eigenvalue weighted by Gasteiger charge is 2.33. The first-order chi connectivity index (χ1) is 11.9. The number of amides is 2. The Bertz CT molecular complexity index is 716. The van der Waals surface area contributed by atoms with Crippen LogP contribution in [0.3, 0.4) is 0 Å². The fraction of sp³-hybridized carbons (Fsp3) is 0.429. The van der Waals surface area contributed by atoms with Gasteiger partial charge in [-0.1, -0.05) is 0 Å². The number of nitrogens with zero attached hydrogens (tertiary/aromatic N) is 4. The Kier molecular flexibility index (Phi) is 5.02. The minimum absolute atomic E-state index is 0.0557. The summed E-state index contributed by atoms with van der Waals surface area (Å²) < 4.78 is 38.0. The number of hydrogen-bond acceptors (Lipinski definition) is 6. The summed E-state index contributed by atoms with van der Waals surface area (Å²) in [6, 6.07) is 0.608. The first-order valence-corrected chi connectivity index (χ1v) is 8.41. The van der Waals surface area contributed by atoms with E-state index in [1.165, 1.54) is 11.3 Å². The molecule has 1 fully saturated rings. The van der Waals surface area contributed by atoms with Crippen LogP contribution in [-0.4, -0.2) is 45.0 Å². The third-order valence-corrected chi connectivity index (χ3v) is 4.43. The molecule has 2 aromatic rings. The Morgan fingerprint density at radius 1 is 1.24 bits per heavy atom. The van der Waals surface area contributed by atoms with Crippen molar-refractivity contribution < 1.29 is 18.0 Å². The number of hydrogen-bond donors (Lipinski definition) is 2. The fourth-order valence-electron chi connectivity index (χ4n) is 2.48. The molecule has 0 unspecified atom stereocenters. The Hall–Kier alpha value is -2.43. The summed E-state index contributed by atoms with van der Waals surface area (Å²) >= 11 is 1.33. The van der Waals surface area contributed by atoms with Crippen molar-refractivity contribution in [2.24, 2.45) is 0 Å². The van der Waals surface area contributed by atoms with E-state index in [9.17, 15) is 18.0 Å². The summed E-state index contributed by atoms with van der Waals surface area (Å²) in [7, 11) is 0. The second-order valence-electron chi connectivity index (χ2n) is 5.46. The number of alkyl halides is 3. The maximum atomic E-state index is 12.7. The Morgan fingerprint density at radius 2 is 2.00 bits per heavy atom. The molecule has 0 spiro atoms. The fourth-order valence-corrected chi connectivity index (χ4v) is 3.00. The number of anilines is 2. The average molecular weight is 372 g/mol. The number of halogens is 3. The number of urea groups is 1. The predicted molar refractivity (Wildman–Crippen MR) is 86.4 cm³/mol. The molecule has 0 aliphatic carbocycles. The number of piperidine rings is 1. The van der Waals surface area contributed by atoms with Gasteiger partial charge < -0.3 is 10.2 Å². The van der Waals surface area contributed by atoms with Gasteiger partial charge in [-0.05, 0) is 12.8 Å². The maximum absolute atomic E-state index is 12.7. The topological polar surface area (TPSA) is 83.0 Å². The highest BCUT2D eigenvalue weighted by molar-refractivity contribution is 7.13. The first kappa shape index (κ1) is 17.4. The van der Waals surface area contributed by atoms with E-state index < -0.39 is 11.9 Å². The third kappa shape index (κ3) is 4.56. The summed E-state index contributed by atoms with van der Waals surface area (Å²) in [6.07, 6.45) is -0.793. The van der Waals surface area contributed by atoms with Crippen molar-refractivity contribution in [3.05, 3.63) is 29.7 Å². The summed E-state index contributed by atoms with van der Waals surface area (Å²) in [4.78, 5) is 24.8. The van der Waals surface area contributed by atoms with Crippen molar-refractivity contribution in [1.29, 1.82) is 0 Å². The molecule has 25 heavy (non-hydrogen) atoms. The van der Waals surface area contributed by atoms with Gasteiger partial charge in [-0.15, -0.1) is 11.3 Å². The first-order valence-electron chi connectivity index (χ1n) is 7.53. The summed E-state index contributed by atoms with van der Waals surface area (Å²) in [5, 5.41) is 7.99. The third-order valence-electron chi connectivity index (χ3n) is 3.74. The quantitative estimate of drug-likeness (QED) is 0.865. The van der Waals surface area contributed by atoms with Gasteiger partial charge in [-0.2, -0.15) is 13.2 Å².